The monoisotopic (exact) mass is 583 g/mol. The summed E-state index contributed by atoms with van der Waals surface area (Å²) in [5.41, 5.74) is 10.8. The molecule has 5 aromatic carbocycles. The van der Waals surface area contributed by atoms with E-state index in [4.69, 9.17) is 0 Å². The van der Waals surface area contributed by atoms with Crippen LogP contribution in [-0.2, 0) is 5.41 Å². The molecule has 0 heterocycles. The Bertz CT molecular complexity index is 1720. The van der Waals surface area contributed by atoms with Crippen molar-refractivity contribution in [2.45, 2.75) is 43.9 Å². The van der Waals surface area contributed by atoms with E-state index in [0.29, 0.717) is 5.41 Å². The summed E-state index contributed by atoms with van der Waals surface area (Å²) in [6, 6.07) is 49.6. The average Bonchev–Trinajstić information content (AvgIpc) is 3.12. The lowest BCUT2D eigenvalue weighted by molar-refractivity contribution is -0.220. The van der Waals surface area contributed by atoms with E-state index in [2.05, 4.69) is 138 Å². The molecule has 45 heavy (non-hydrogen) atoms. The summed E-state index contributed by atoms with van der Waals surface area (Å²) < 4.78 is 0. The van der Waals surface area contributed by atoms with Crippen LogP contribution in [0.25, 0.3) is 22.3 Å². The molecule has 0 aromatic heterocycles. The van der Waals surface area contributed by atoms with Crippen molar-refractivity contribution in [1.29, 1.82) is 0 Å². The van der Waals surface area contributed by atoms with Crippen LogP contribution in [0.15, 0.2) is 133 Å². The zero-order valence-electron chi connectivity index (χ0n) is 25.9. The van der Waals surface area contributed by atoms with E-state index >= 15 is 0 Å². The Balaban J connectivity index is 1.03. The maximum atomic E-state index is 2.56. The van der Waals surface area contributed by atoms with Gasteiger partial charge in [0.15, 0.2) is 0 Å². The van der Waals surface area contributed by atoms with Crippen LogP contribution < -0.4 is 4.90 Å². The lowest BCUT2D eigenvalue weighted by Gasteiger charge is -2.74. The zero-order chi connectivity index (χ0) is 29.5. The van der Waals surface area contributed by atoms with Crippen LogP contribution in [-0.4, -0.2) is 0 Å². The predicted octanol–water partition coefficient (Wildman–Crippen LogP) is 11.5. The van der Waals surface area contributed by atoms with E-state index in [9.17, 15) is 0 Å². The molecule has 222 valence electrons. The van der Waals surface area contributed by atoms with Crippen LogP contribution in [0.4, 0.5) is 17.1 Å². The topological polar surface area (TPSA) is 3.24 Å². The molecule has 8 bridgehead atoms. The molecule has 5 aromatic rings. The van der Waals surface area contributed by atoms with Crippen molar-refractivity contribution in [3.63, 3.8) is 0 Å². The van der Waals surface area contributed by atoms with E-state index in [1.807, 2.05) is 0 Å². The van der Waals surface area contributed by atoms with Crippen LogP contribution in [0.2, 0.25) is 0 Å². The molecule has 7 aliphatic rings. The smallest absolute Gasteiger partial charge is 0.0462 e. The second-order valence-corrected chi connectivity index (χ2v) is 15.1. The van der Waals surface area contributed by atoms with Crippen molar-refractivity contribution in [1.82, 2.24) is 0 Å². The van der Waals surface area contributed by atoms with E-state index in [1.54, 1.807) is 12.0 Å². The van der Waals surface area contributed by atoms with E-state index in [1.165, 1.54) is 71.4 Å². The van der Waals surface area contributed by atoms with Crippen molar-refractivity contribution in [2.75, 3.05) is 4.90 Å². The molecule has 12 rings (SSSR count). The van der Waals surface area contributed by atoms with Gasteiger partial charge in [-0.25, -0.2) is 0 Å². The van der Waals surface area contributed by atoms with Gasteiger partial charge in [-0.15, -0.1) is 0 Å². The third kappa shape index (κ3) is 3.92. The van der Waals surface area contributed by atoms with Crippen LogP contribution in [0.3, 0.4) is 0 Å². The first-order valence-corrected chi connectivity index (χ1v) is 17.5. The number of benzene rings is 5. The van der Waals surface area contributed by atoms with Crippen molar-refractivity contribution in [2.24, 2.45) is 41.4 Å². The molecular weight excluding hydrogens is 542 g/mol. The van der Waals surface area contributed by atoms with Crippen LogP contribution in [0.5, 0.6) is 0 Å². The Labute approximate surface area is 267 Å². The van der Waals surface area contributed by atoms with E-state index in [-0.39, 0.29) is 0 Å². The van der Waals surface area contributed by atoms with Crippen LogP contribution in [0.1, 0.15) is 44.1 Å². The summed E-state index contributed by atoms with van der Waals surface area (Å²) in [6.45, 7) is 0. The van der Waals surface area contributed by atoms with Gasteiger partial charge in [0.25, 0.3) is 0 Å². The van der Waals surface area contributed by atoms with Crippen molar-refractivity contribution < 1.29 is 0 Å². The van der Waals surface area contributed by atoms with Gasteiger partial charge in [-0.3, -0.25) is 0 Å². The fourth-order valence-corrected chi connectivity index (χ4v) is 11.7. The van der Waals surface area contributed by atoms with Gasteiger partial charge in [0, 0.05) is 22.5 Å². The number of hydrogen-bond donors (Lipinski definition) is 0. The molecule has 1 heteroatoms. The van der Waals surface area contributed by atoms with E-state index in [0.717, 1.165) is 41.4 Å². The van der Waals surface area contributed by atoms with E-state index < -0.39 is 0 Å². The molecule has 7 fully saturated rings. The molecule has 1 nitrogen and oxygen atoms in total. The normalized spacial score (nSPS) is 31.8. The Morgan fingerprint density at radius 3 is 1.31 bits per heavy atom. The van der Waals surface area contributed by atoms with Gasteiger partial charge < -0.3 is 4.90 Å². The lowest BCUT2D eigenvalue weighted by atomic mass is 9.30. The number of hydrogen-bond acceptors (Lipinski definition) is 1. The molecular formula is C44H41N. The lowest BCUT2D eigenvalue weighted by Crippen LogP contribution is -2.69. The van der Waals surface area contributed by atoms with Crippen molar-refractivity contribution >= 4 is 17.1 Å². The maximum absolute atomic E-state index is 2.56. The molecule has 0 saturated heterocycles. The summed E-state index contributed by atoms with van der Waals surface area (Å²) in [7, 11) is 0. The fourth-order valence-electron chi connectivity index (χ4n) is 11.7. The van der Waals surface area contributed by atoms with Crippen LogP contribution in [0, 0.1) is 41.4 Å². The molecule has 0 radical (unpaired) electrons. The SMILES string of the molecule is c1ccc(-c2ccc(N(c3ccc(-c4ccccc4)cc3)c3ccc(C45CC6CC7C8CC(CC74)CC5C8C6)cc3)cc2)cc1. The maximum Gasteiger partial charge on any atom is 0.0462 e. The van der Waals surface area contributed by atoms with Gasteiger partial charge >= 0.3 is 0 Å². The summed E-state index contributed by atoms with van der Waals surface area (Å²) >= 11 is 0. The fraction of sp³-hybridized carbons (Fsp3) is 0.318. The Morgan fingerprint density at radius 1 is 0.400 bits per heavy atom. The Hall–Kier alpha value is -4.10. The van der Waals surface area contributed by atoms with Gasteiger partial charge in [0.2, 0.25) is 0 Å². The molecule has 7 aliphatic carbocycles. The zero-order valence-corrected chi connectivity index (χ0v) is 25.9. The highest BCUT2D eigenvalue weighted by Gasteiger charge is 2.70. The van der Waals surface area contributed by atoms with Crippen LogP contribution >= 0.6 is 0 Å². The molecule has 0 aliphatic heterocycles. The first-order chi connectivity index (χ1) is 22.2. The Morgan fingerprint density at radius 2 is 0.822 bits per heavy atom. The minimum Gasteiger partial charge on any atom is -0.311 e. The Kier molecular flexibility index (Phi) is 5.78. The molecule has 4 unspecified atom stereocenters. The van der Waals surface area contributed by atoms with Crippen molar-refractivity contribution in [3.8, 4) is 22.3 Å². The number of rotatable bonds is 6. The average molecular weight is 584 g/mol. The van der Waals surface area contributed by atoms with Gasteiger partial charge in [-0.2, -0.15) is 0 Å². The molecule has 0 N–H and O–H groups in total. The predicted molar refractivity (Wildman–Crippen MR) is 186 cm³/mol. The first kappa shape index (κ1) is 26.1. The molecule has 0 amide bonds. The van der Waals surface area contributed by atoms with Gasteiger partial charge in [0.1, 0.15) is 0 Å². The summed E-state index contributed by atoms with van der Waals surface area (Å²) in [4.78, 5) is 2.45. The van der Waals surface area contributed by atoms with Gasteiger partial charge in [-0.05, 0) is 144 Å². The highest BCUT2D eigenvalue weighted by atomic mass is 15.1. The molecule has 0 spiro atoms. The number of nitrogens with zero attached hydrogens (tertiary/aromatic N) is 1. The molecule has 7 saturated carbocycles. The first-order valence-electron chi connectivity index (χ1n) is 17.5. The second kappa shape index (κ2) is 9.95. The third-order valence-corrected chi connectivity index (χ3v) is 13.2. The highest BCUT2D eigenvalue weighted by molar-refractivity contribution is 5.80. The summed E-state index contributed by atoms with van der Waals surface area (Å²) in [5, 5.41) is 0. The standard InChI is InChI=1S/C44H41N/c1-3-7-31(8-4-1)33-11-17-36(18-12-33)45(37-19-13-34(14-20-37)32-9-5-2-6-10-32)38-21-15-35(16-22-38)44-28-30-24-40-39-23-29(26-42(40)44)27-43(44)41(39)25-30/h1-22,29-30,39-43H,23-28H2. The van der Waals surface area contributed by atoms with Gasteiger partial charge in [-0.1, -0.05) is 97.1 Å². The quantitative estimate of drug-likeness (QED) is 0.192. The minimum atomic E-state index is 0.446. The largest absolute Gasteiger partial charge is 0.311 e. The summed E-state index contributed by atoms with van der Waals surface area (Å²) in [5.74, 6) is 6.95. The van der Waals surface area contributed by atoms with Gasteiger partial charge in [0.05, 0.1) is 0 Å². The highest BCUT2D eigenvalue weighted by Crippen LogP contribution is 2.76. The van der Waals surface area contributed by atoms with Crippen molar-refractivity contribution in [3.05, 3.63) is 139 Å². The summed E-state index contributed by atoms with van der Waals surface area (Å²) in [6.07, 6.45) is 9.11. The third-order valence-electron chi connectivity index (χ3n) is 13.2. The molecule has 4 atom stereocenters. The second-order valence-electron chi connectivity index (χ2n) is 15.1. The minimum absolute atomic E-state index is 0.446. The number of anilines is 3.